The lowest BCUT2D eigenvalue weighted by molar-refractivity contribution is 0.00811. The average molecular weight is 133 g/mol. The van der Waals surface area contributed by atoms with Crippen LogP contribution in [0.25, 0.3) is 0 Å². The van der Waals surface area contributed by atoms with Crippen molar-refractivity contribution >= 4 is 6.72 Å². The van der Waals surface area contributed by atoms with Crippen molar-refractivity contribution in [1.29, 1.82) is 0 Å². The van der Waals surface area contributed by atoms with Gasteiger partial charge in [0.05, 0.1) is 6.04 Å². The normalized spacial score (nSPS) is 32.4. The molecule has 0 aromatic heterocycles. The van der Waals surface area contributed by atoms with E-state index in [1.165, 1.54) is 0 Å². The highest BCUT2D eigenvalue weighted by Crippen LogP contribution is 2.35. The summed E-state index contributed by atoms with van der Waals surface area (Å²) in [5.41, 5.74) is 0. The van der Waals surface area contributed by atoms with Gasteiger partial charge >= 0.3 is 0 Å². The number of alkyl halides is 2. The molecule has 1 saturated carbocycles. The second kappa shape index (κ2) is 2.05. The number of halogens is 2. The zero-order chi connectivity index (χ0) is 6.91. The van der Waals surface area contributed by atoms with Crippen molar-refractivity contribution in [2.75, 3.05) is 0 Å². The zero-order valence-electron chi connectivity index (χ0n) is 5.11. The molecule has 0 spiro atoms. The lowest BCUT2D eigenvalue weighted by Gasteiger charge is -2.04. The van der Waals surface area contributed by atoms with Crippen molar-refractivity contribution in [2.24, 2.45) is 4.99 Å². The fourth-order valence-electron chi connectivity index (χ4n) is 1.08. The summed E-state index contributed by atoms with van der Waals surface area (Å²) < 4.78 is 24.6. The second-order valence-corrected chi connectivity index (χ2v) is 2.44. The third kappa shape index (κ3) is 1.47. The topological polar surface area (TPSA) is 12.4 Å². The van der Waals surface area contributed by atoms with Gasteiger partial charge in [-0.05, 0) is 13.1 Å². The van der Waals surface area contributed by atoms with E-state index in [0.717, 1.165) is 0 Å². The van der Waals surface area contributed by atoms with E-state index in [2.05, 4.69) is 11.7 Å². The van der Waals surface area contributed by atoms with E-state index < -0.39 is 5.92 Å². The molecule has 0 aromatic rings. The van der Waals surface area contributed by atoms with E-state index >= 15 is 0 Å². The molecule has 1 aliphatic carbocycles. The van der Waals surface area contributed by atoms with Crippen LogP contribution in [0.4, 0.5) is 8.78 Å². The van der Waals surface area contributed by atoms with Gasteiger partial charge in [-0.3, -0.25) is 4.99 Å². The first-order valence-electron chi connectivity index (χ1n) is 2.98. The van der Waals surface area contributed by atoms with Gasteiger partial charge in [0.15, 0.2) is 0 Å². The largest absolute Gasteiger partial charge is 0.297 e. The summed E-state index contributed by atoms with van der Waals surface area (Å²) >= 11 is 0. The first-order chi connectivity index (χ1) is 4.14. The lowest BCUT2D eigenvalue weighted by atomic mass is 10.3. The molecule has 52 valence electrons. The summed E-state index contributed by atoms with van der Waals surface area (Å²) in [6.07, 6.45) is 0.379. The minimum Gasteiger partial charge on any atom is -0.297 e. The average Bonchev–Trinajstić information content (AvgIpc) is 2.10. The molecule has 1 nitrogen and oxygen atoms in total. The Kier molecular flexibility index (Phi) is 1.51. The summed E-state index contributed by atoms with van der Waals surface area (Å²) in [6, 6.07) is -0.194. The van der Waals surface area contributed by atoms with Crippen LogP contribution in [0.1, 0.15) is 19.3 Å². The molecule has 1 fully saturated rings. The number of aliphatic imine (C=N–C) groups is 1. The first kappa shape index (κ1) is 6.65. The molecule has 0 aromatic carbocycles. The molecule has 1 rings (SSSR count). The number of nitrogens with zero attached hydrogens (tertiary/aromatic N) is 1. The standard InChI is InChI=1S/C6H9F2N/c1-9-5-2-3-6(7,8)4-5/h5H,1-4H2. The maximum Gasteiger partial charge on any atom is 0.250 e. The molecule has 0 N–H and O–H groups in total. The lowest BCUT2D eigenvalue weighted by Crippen LogP contribution is -2.10. The third-order valence-corrected chi connectivity index (χ3v) is 1.64. The van der Waals surface area contributed by atoms with Gasteiger partial charge in [-0.15, -0.1) is 0 Å². The van der Waals surface area contributed by atoms with Crippen LogP contribution in [0.3, 0.4) is 0 Å². The molecule has 0 amide bonds. The molecular formula is C6H9F2N. The Morgan fingerprint density at radius 3 is 2.44 bits per heavy atom. The number of hydrogen-bond acceptors (Lipinski definition) is 1. The Morgan fingerprint density at radius 2 is 2.22 bits per heavy atom. The molecule has 9 heavy (non-hydrogen) atoms. The van der Waals surface area contributed by atoms with Crippen molar-refractivity contribution in [2.45, 2.75) is 31.2 Å². The van der Waals surface area contributed by atoms with Crippen molar-refractivity contribution in [3.8, 4) is 0 Å². The van der Waals surface area contributed by atoms with Crippen molar-refractivity contribution in [1.82, 2.24) is 0 Å². The van der Waals surface area contributed by atoms with Gasteiger partial charge in [0.2, 0.25) is 5.92 Å². The van der Waals surface area contributed by atoms with Gasteiger partial charge in [0.1, 0.15) is 0 Å². The van der Waals surface area contributed by atoms with Gasteiger partial charge in [-0.1, -0.05) is 0 Å². The summed E-state index contributed by atoms with van der Waals surface area (Å²) in [5.74, 6) is -2.47. The Hall–Kier alpha value is -0.470. The van der Waals surface area contributed by atoms with Crippen LogP contribution in [-0.2, 0) is 0 Å². The summed E-state index contributed by atoms with van der Waals surface area (Å²) in [5, 5.41) is 0. The van der Waals surface area contributed by atoms with Gasteiger partial charge in [0.25, 0.3) is 0 Å². The molecule has 0 bridgehead atoms. The quantitative estimate of drug-likeness (QED) is 0.484. The van der Waals surface area contributed by atoms with Crippen molar-refractivity contribution in [3.05, 3.63) is 0 Å². The summed E-state index contributed by atoms with van der Waals surface area (Å²) in [6.45, 7) is 3.22. The monoisotopic (exact) mass is 133 g/mol. The van der Waals surface area contributed by atoms with E-state index in [9.17, 15) is 8.78 Å². The van der Waals surface area contributed by atoms with E-state index in [-0.39, 0.29) is 18.9 Å². The Bertz CT molecular complexity index is 122. The zero-order valence-corrected chi connectivity index (χ0v) is 5.11. The second-order valence-electron chi connectivity index (χ2n) is 2.44. The molecule has 0 heterocycles. The van der Waals surface area contributed by atoms with E-state index in [1.54, 1.807) is 0 Å². The maximum atomic E-state index is 12.3. The van der Waals surface area contributed by atoms with E-state index in [4.69, 9.17) is 0 Å². The van der Waals surface area contributed by atoms with Crippen LogP contribution in [0.2, 0.25) is 0 Å². The smallest absolute Gasteiger partial charge is 0.250 e. The van der Waals surface area contributed by atoms with Crippen LogP contribution >= 0.6 is 0 Å². The molecule has 0 saturated heterocycles. The SMILES string of the molecule is C=NC1CCC(F)(F)C1. The van der Waals surface area contributed by atoms with Crippen LogP contribution in [0.5, 0.6) is 0 Å². The summed E-state index contributed by atoms with van der Waals surface area (Å²) in [4.78, 5) is 3.55. The van der Waals surface area contributed by atoms with E-state index in [0.29, 0.717) is 6.42 Å². The Labute approximate surface area is 52.8 Å². The third-order valence-electron chi connectivity index (χ3n) is 1.64. The van der Waals surface area contributed by atoms with Crippen molar-refractivity contribution in [3.63, 3.8) is 0 Å². The minimum atomic E-state index is -2.47. The molecular weight excluding hydrogens is 124 g/mol. The molecule has 0 aliphatic heterocycles. The van der Waals surface area contributed by atoms with Crippen LogP contribution in [-0.4, -0.2) is 18.7 Å². The number of rotatable bonds is 1. The van der Waals surface area contributed by atoms with Crippen LogP contribution in [0, 0.1) is 0 Å². The Balaban J connectivity index is 2.47. The first-order valence-corrected chi connectivity index (χ1v) is 2.98. The van der Waals surface area contributed by atoms with Crippen molar-refractivity contribution < 1.29 is 8.78 Å². The molecule has 1 unspecified atom stereocenters. The predicted molar refractivity (Wildman–Crippen MR) is 32.1 cm³/mol. The van der Waals surface area contributed by atoms with Gasteiger partial charge in [-0.25, -0.2) is 8.78 Å². The highest BCUT2D eigenvalue weighted by Gasteiger charge is 2.38. The molecule has 3 heteroatoms. The molecule has 1 aliphatic rings. The maximum absolute atomic E-state index is 12.3. The predicted octanol–water partition coefficient (Wildman–Crippen LogP) is 1.87. The van der Waals surface area contributed by atoms with Crippen LogP contribution in [0.15, 0.2) is 4.99 Å². The Morgan fingerprint density at radius 1 is 1.56 bits per heavy atom. The fourth-order valence-corrected chi connectivity index (χ4v) is 1.08. The van der Waals surface area contributed by atoms with Gasteiger partial charge < -0.3 is 0 Å². The van der Waals surface area contributed by atoms with Crippen LogP contribution < -0.4 is 0 Å². The van der Waals surface area contributed by atoms with Gasteiger partial charge in [0, 0.05) is 12.8 Å². The molecule has 1 atom stereocenters. The van der Waals surface area contributed by atoms with Gasteiger partial charge in [-0.2, -0.15) is 0 Å². The highest BCUT2D eigenvalue weighted by molar-refractivity contribution is 5.24. The highest BCUT2D eigenvalue weighted by atomic mass is 19.3. The fraction of sp³-hybridized carbons (Fsp3) is 0.833. The molecule has 0 radical (unpaired) electrons. The summed E-state index contributed by atoms with van der Waals surface area (Å²) in [7, 11) is 0. The minimum absolute atomic E-state index is 0.0172. The van der Waals surface area contributed by atoms with E-state index in [1.807, 2.05) is 0 Å². The number of hydrogen-bond donors (Lipinski definition) is 0.